The quantitative estimate of drug-likeness (QED) is 0.515. The van der Waals surface area contributed by atoms with Crippen LogP contribution in [0.2, 0.25) is 0 Å². The number of aliphatic carboxylic acids is 1. The summed E-state index contributed by atoms with van der Waals surface area (Å²) in [5.41, 5.74) is 0. The summed E-state index contributed by atoms with van der Waals surface area (Å²) < 4.78 is 0. The lowest BCUT2D eigenvalue weighted by molar-refractivity contribution is -0.304. The van der Waals surface area contributed by atoms with Crippen LogP contribution in [0.3, 0.4) is 0 Å². The summed E-state index contributed by atoms with van der Waals surface area (Å²) in [6, 6.07) is 0. The van der Waals surface area contributed by atoms with Crippen LogP contribution in [0, 0.1) is 0 Å². The van der Waals surface area contributed by atoms with Gasteiger partial charge in [0.1, 0.15) is 0 Å². The molecule has 0 saturated heterocycles. The van der Waals surface area contributed by atoms with Gasteiger partial charge >= 0.3 is 0 Å². The van der Waals surface area contributed by atoms with E-state index in [2.05, 4.69) is 0 Å². The van der Waals surface area contributed by atoms with Crippen molar-refractivity contribution < 1.29 is 9.90 Å². The van der Waals surface area contributed by atoms with E-state index in [9.17, 15) is 9.90 Å². The summed E-state index contributed by atoms with van der Waals surface area (Å²) in [7, 11) is 0. The van der Waals surface area contributed by atoms with Crippen LogP contribution in [-0.2, 0) is 4.79 Å². The SMILES string of the molecule is CCC/C=C/CC(=O)[O-]. The molecule has 0 fully saturated rings. The molecule has 0 spiro atoms. The topological polar surface area (TPSA) is 40.1 Å². The third-order valence-corrected chi connectivity index (χ3v) is 0.907. The minimum Gasteiger partial charge on any atom is -0.550 e. The molecule has 0 rings (SSSR count). The van der Waals surface area contributed by atoms with Crippen LogP contribution in [0.25, 0.3) is 0 Å². The Morgan fingerprint density at radius 3 is 2.67 bits per heavy atom. The Hall–Kier alpha value is -0.790. The first kappa shape index (κ1) is 8.21. The van der Waals surface area contributed by atoms with E-state index in [0.717, 1.165) is 12.8 Å². The Bertz CT molecular complexity index is 105. The predicted molar refractivity (Wildman–Crippen MR) is 33.7 cm³/mol. The zero-order chi connectivity index (χ0) is 7.11. The lowest BCUT2D eigenvalue weighted by atomic mass is 10.3. The number of carboxylic acids is 1. The van der Waals surface area contributed by atoms with Crippen LogP contribution < -0.4 is 5.11 Å². The van der Waals surface area contributed by atoms with Crippen molar-refractivity contribution in [3.05, 3.63) is 12.2 Å². The zero-order valence-corrected chi connectivity index (χ0v) is 5.59. The summed E-state index contributed by atoms with van der Waals surface area (Å²) in [6.07, 6.45) is 5.53. The third-order valence-electron chi connectivity index (χ3n) is 0.907. The first-order valence-corrected chi connectivity index (χ1v) is 3.12. The molecule has 0 aromatic rings. The molecular weight excluding hydrogens is 116 g/mol. The molecule has 0 N–H and O–H groups in total. The molecular formula is C7H11O2-. The summed E-state index contributed by atoms with van der Waals surface area (Å²) in [6.45, 7) is 2.04. The molecule has 0 saturated carbocycles. The Morgan fingerprint density at radius 2 is 2.22 bits per heavy atom. The first-order chi connectivity index (χ1) is 4.27. The molecule has 0 bridgehead atoms. The van der Waals surface area contributed by atoms with E-state index in [1.807, 2.05) is 13.0 Å². The average molecular weight is 127 g/mol. The molecule has 0 aromatic carbocycles. The van der Waals surface area contributed by atoms with Gasteiger partial charge in [-0.05, 0) is 6.42 Å². The van der Waals surface area contributed by atoms with Gasteiger partial charge in [-0.3, -0.25) is 0 Å². The van der Waals surface area contributed by atoms with Gasteiger partial charge in [0.15, 0.2) is 0 Å². The van der Waals surface area contributed by atoms with Gasteiger partial charge in [-0.25, -0.2) is 0 Å². The smallest absolute Gasteiger partial charge is 0.0452 e. The number of carbonyl (C=O) groups excluding carboxylic acids is 1. The number of hydrogen-bond donors (Lipinski definition) is 0. The second-order valence-corrected chi connectivity index (χ2v) is 1.84. The maximum absolute atomic E-state index is 9.80. The minimum absolute atomic E-state index is 0.0417. The van der Waals surface area contributed by atoms with Crippen LogP contribution in [0.4, 0.5) is 0 Å². The number of carbonyl (C=O) groups is 1. The first-order valence-electron chi connectivity index (χ1n) is 3.12. The largest absolute Gasteiger partial charge is 0.550 e. The molecule has 0 aliphatic rings. The Morgan fingerprint density at radius 1 is 1.56 bits per heavy atom. The number of allylic oxidation sites excluding steroid dienone is 1. The normalized spacial score (nSPS) is 10.3. The van der Waals surface area contributed by atoms with E-state index >= 15 is 0 Å². The van der Waals surface area contributed by atoms with Gasteiger partial charge in [-0.2, -0.15) is 0 Å². The van der Waals surface area contributed by atoms with Crippen LogP contribution in [-0.4, -0.2) is 5.97 Å². The summed E-state index contributed by atoms with van der Waals surface area (Å²) in [4.78, 5) is 9.80. The van der Waals surface area contributed by atoms with E-state index in [4.69, 9.17) is 0 Å². The lowest BCUT2D eigenvalue weighted by Crippen LogP contribution is -2.20. The highest BCUT2D eigenvalue weighted by atomic mass is 16.4. The van der Waals surface area contributed by atoms with Gasteiger partial charge in [-0.1, -0.05) is 25.5 Å². The number of unbranched alkanes of at least 4 members (excludes halogenated alkanes) is 1. The highest BCUT2D eigenvalue weighted by Crippen LogP contribution is 1.89. The van der Waals surface area contributed by atoms with E-state index < -0.39 is 5.97 Å². The molecule has 2 nitrogen and oxygen atoms in total. The van der Waals surface area contributed by atoms with Crippen molar-refractivity contribution in [2.75, 3.05) is 0 Å². The fraction of sp³-hybridized carbons (Fsp3) is 0.571. The molecule has 0 aromatic heterocycles. The third kappa shape index (κ3) is 7.21. The molecule has 0 atom stereocenters. The van der Waals surface area contributed by atoms with Gasteiger partial charge in [-0.15, -0.1) is 0 Å². The maximum Gasteiger partial charge on any atom is 0.0452 e. The van der Waals surface area contributed by atoms with E-state index in [1.165, 1.54) is 0 Å². The van der Waals surface area contributed by atoms with Gasteiger partial charge in [0.2, 0.25) is 0 Å². The predicted octanol–water partition coefficient (Wildman–Crippen LogP) is 0.483. The van der Waals surface area contributed by atoms with Crippen molar-refractivity contribution in [2.45, 2.75) is 26.2 Å². The molecule has 52 valence electrons. The van der Waals surface area contributed by atoms with Crippen molar-refractivity contribution in [1.29, 1.82) is 0 Å². The van der Waals surface area contributed by atoms with Crippen molar-refractivity contribution >= 4 is 5.97 Å². The Labute approximate surface area is 55.2 Å². The molecule has 9 heavy (non-hydrogen) atoms. The van der Waals surface area contributed by atoms with E-state index in [-0.39, 0.29) is 6.42 Å². The average Bonchev–Trinajstić information content (AvgIpc) is 1.80. The zero-order valence-electron chi connectivity index (χ0n) is 5.59. The summed E-state index contributed by atoms with van der Waals surface area (Å²) >= 11 is 0. The summed E-state index contributed by atoms with van der Waals surface area (Å²) in [5, 5.41) is 9.80. The second-order valence-electron chi connectivity index (χ2n) is 1.84. The fourth-order valence-electron chi connectivity index (χ4n) is 0.464. The van der Waals surface area contributed by atoms with Crippen LogP contribution in [0.15, 0.2) is 12.2 Å². The van der Waals surface area contributed by atoms with Crippen LogP contribution >= 0.6 is 0 Å². The van der Waals surface area contributed by atoms with Crippen LogP contribution in [0.5, 0.6) is 0 Å². The number of hydrogen-bond acceptors (Lipinski definition) is 2. The van der Waals surface area contributed by atoms with Gasteiger partial charge in [0.25, 0.3) is 0 Å². The van der Waals surface area contributed by atoms with Crippen LogP contribution in [0.1, 0.15) is 26.2 Å². The Kier molecular flexibility index (Phi) is 4.88. The number of rotatable bonds is 4. The van der Waals surface area contributed by atoms with Gasteiger partial charge in [0.05, 0.1) is 0 Å². The van der Waals surface area contributed by atoms with Gasteiger partial charge < -0.3 is 9.90 Å². The maximum atomic E-state index is 9.80. The fourth-order valence-corrected chi connectivity index (χ4v) is 0.464. The molecule has 0 aliphatic carbocycles. The molecule has 0 aliphatic heterocycles. The van der Waals surface area contributed by atoms with E-state index in [0.29, 0.717) is 0 Å². The highest BCUT2D eigenvalue weighted by molar-refractivity contribution is 5.66. The van der Waals surface area contributed by atoms with Gasteiger partial charge in [0, 0.05) is 12.4 Å². The molecule has 0 amide bonds. The van der Waals surface area contributed by atoms with Crippen molar-refractivity contribution in [2.24, 2.45) is 0 Å². The molecule has 0 heterocycles. The van der Waals surface area contributed by atoms with Crippen molar-refractivity contribution in [3.8, 4) is 0 Å². The molecule has 2 heteroatoms. The second kappa shape index (κ2) is 5.35. The van der Waals surface area contributed by atoms with E-state index in [1.54, 1.807) is 6.08 Å². The molecule has 0 radical (unpaired) electrons. The van der Waals surface area contributed by atoms with Crippen molar-refractivity contribution in [1.82, 2.24) is 0 Å². The number of carboxylic acid groups (broad SMARTS) is 1. The highest BCUT2D eigenvalue weighted by Gasteiger charge is 1.76. The Balaban J connectivity index is 3.14. The molecule has 0 unspecified atom stereocenters. The minimum atomic E-state index is -1.01. The standard InChI is InChI=1S/C7H12O2/c1-2-3-4-5-6-7(8)9/h4-5H,2-3,6H2,1H3,(H,8,9)/p-1/b5-4+. The lowest BCUT2D eigenvalue weighted by Gasteiger charge is -1.92. The van der Waals surface area contributed by atoms with Crippen molar-refractivity contribution in [3.63, 3.8) is 0 Å². The monoisotopic (exact) mass is 127 g/mol. The summed E-state index contributed by atoms with van der Waals surface area (Å²) in [5.74, 6) is -1.01.